The van der Waals surface area contributed by atoms with Crippen LogP contribution in [0.5, 0.6) is 11.5 Å². The van der Waals surface area contributed by atoms with Crippen LogP contribution in [0.3, 0.4) is 0 Å². The molecule has 0 saturated heterocycles. The van der Waals surface area contributed by atoms with Gasteiger partial charge in [-0.05, 0) is 31.4 Å². The van der Waals surface area contributed by atoms with Crippen molar-refractivity contribution in [1.82, 2.24) is 4.57 Å². The van der Waals surface area contributed by atoms with Gasteiger partial charge in [-0.2, -0.15) is 0 Å². The van der Waals surface area contributed by atoms with E-state index in [1.165, 1.54) is 31.0 Å². The highest BCUT2D eigenvalue weighted by Crippen LogP contribution is 2.26. The molecule has 0 bridgehead atoms. The number of unbranched alkanes of at least 4 members (excludes halogenated alkanes) is 3. The maximum absolute atomic E-state index is 12.3. The van der Waals surface area contributed by atoms with E-state index >= 15 is 0 Å². The van der Waals surface area contributed by atoms with E-state index in [1.807, 2.05) is 11.6 Å². The largest absolute Gasteiger partial charge is 0.451 e. The molecular formula is C19H24N2O4. The van der Waals surface area contributed by atoms with Crippen molar-refractivity contribution < 1.29 is 9.66 Å². The van der Waals surface area contributed by atoms with Crippen molar-refractivity contribution in [2.75, 3.05) is 0 Å². The molecule has 0 radical (unpaired) electrons. The molecule has 1 aromatic heterocycles. The maximum atomic E-state index is 12.3. The molecule has 0 atom stereocenters. The Bertz CT molecular complexity index is 812. The standard InChI is InChI=1S/C19H24N2O4/c1-4-5-6-7-8-15-12-17(22)19(13-20(15)3)25-18-10-9-16(21(23)24)11-14(18)2/h9-13H,4-8H2,1-3H3. The number of ether oxygens (including phenoxy) is 1. The van der Waals surface area contributed by atoms with Crippen LogP contribution in [0.4, 0.5) is 5.69 Å². The van der Waals surface area contributed by atoms with E-state index in [-0.39, 0.29) is 16.9 Å². The number of nitro groups is 1. The van der Waals surface area contributed by atoms with E-state index in [0.717, 1.165) is 25.0 Å². The second-order valence-electron chi connectivity index (χ2n) is 6.22. The normalized spacial score (nSPS) is 10.7. The van der Waals surface area contributed by atoms with Crippen molar-refractivity contribution in [1.29, 1.82) is 0 Å². The Morgan fingerprint density at radius 1 is 1.16 bits per heavy atom. The quantitative estimate of drug-likeness (QED) is 0.401. The van der Waals surface area contributed by atoms with E-state index in [9.17, 15) is 14.9 Å². The molecule has 0 unspecified atom stereocenters. The summed E-state index contributed by atoms with van der Waals surface area (Å²) in [5.41, 5.74) is 1.41. The summed E-state index contributed by atoms with van der Waals surface area (Å²) in [7, 11) is 1.89. The van der Waals surface area contributed by atoms with Crippen LogP contribution in [0.15, 0.2) is 35.3 Å². The van der Waals surface area contributed by atoms with Gasteiger partial charge in [0.25, 0.3) is 5.69 Å². The average Bonchev–Trinajstić information content (AvgIpc) is 2.57. The van der Waals surface area contributed by atoms with E-state index in [2.05, 4.69) is 6.92 Å². The van der Waals surface area contributed by atoms with Gasteiger partial charge in [-0.25, -0.2) is 0 Å². The van der Waals surface area contributed by atoms with Gasteiger partial charge in [0.2, 0.25) is 5.43 Å². The van der Waals surface area contributed by atoms with Crippen LogP contribution < -0.4 is 10.2 Å². The Morgan fingerprint density at radius 3 is 2.56 bits per heavy atom. The molecule has 25 heavy (non-hydrogen) atoms. The van der Waals surface area contributed by atoms with Gasteiger partial charge in [-0.1, -0.05) is 26.2 Å². The molecule has 6 heteroatoms. The van der Waals surface area contributed by atoms with Crippen molar-refractivity contribution in [3.8, 4) is 11.5 Å². The zero-order valence-electron chi connectivity index (χ0n) is 14.9. The van der Waals surface area contributed by atoms with Crippen LogP contribution in [0.25, 0.3) is 0 Å². The van der Waals surface area contributed by atoms with Crippen LogP contribution in [0.2, 0.25) is 0 Å². The number of hydrogen-bond donors (Lipinski definition) is 0. The first-order chi connectivity index (χ1) is 11.9. The molecule has 0 saturated carbocycles. The number of nitrogens with zero attached hydrogens (tertiary/aromatic N) is 2. The van der Waals surface area contributed by atoms with Crippen molar-refractivity contribution in [3.63, 3.8) is 0 Å². The monoisotopic (exact) mass is 344 g/mol. The Kier molecular flexibility index (Phi) is 6.33. The van der Waals surface area contributed by atoms with Gasteiger partial charge in [-0.15, -0.1) is 0 Å². The number of nitro benzene ring substituents is 1. The molecule has 2 aromatic rings. The minimum absolute atomic E-state index is 0.000166. The van der Waals surface area contributed by atoms with Gasteiger partial charge in [0.15, 0.2) is 5.75 Å². The lowest BCUT2D eigenvalue weighted by molar-refractivity contribution is -0.384. The lowest BCUT2D eigenvalue weighted by Crippen LogP contribution is -2.12. The number of aromatic nitrogens is 1. The first-order valence-electron chi connectivity index (χ1n) is 8.54. The molecule has 0 amide bonds. The molecular weight excluding hydrogens is 320 g/mol. The summed E-state index contributed by atoms with van der Waals surface area (Å²) in [4.78, 5) is 22.7. The molecule has 134 valence electrons. The summed E-state index contributed by atoms with van der Waals surface area (Å²) in [6, 6.07) is 5.93. The average molecular weight is 344 g/mol. The predicted octanol–water partition coefficient (Wildman–Crippen LogP) is 4.52. The third kappa shape index (κ3) is 4.92. The number of pyridine rings is 1. The molecule has 0 aliphatic rings. The van der Waals surface area contributed by atoms with Crippen molar-refractivity contribution in [3.05, 3.63) is 62.1 Å². The van der Waals surface area contributed by atoms with Crippen LogP contribution >= 0.6 is 0 Å². The number of hydrogen-bond acceptors (Lipinski definition) is 4. The Balaban J connectivity index is 2.16. The molecule has 0 N–H and O–H groups in total. The zero-order valence-corrected chi connectivity index (χ0v) is 14.9. The SMILES string of the molecule is CCCCCCc1cc(=O)c(Oc2ccc([N+](=O)[O-])cc2C)cn1C. The minimum Gasteiger partial charge on any atom is -0.451 e. The fourth-order valence-electron chi connectivity index (χ4n) is 2.68. The van der Waals surface area contributed by atoms with E-state index in [1.54, 1.807) is 19.2 Å². The summed E-state index contributed by atoms with van der Waals surface area (Å²) in [5, 5.41) is 10.8. The molecule has 0 spiro atoms. The van der Waals surface area contributed by atoms with Gasteiger partial charge in [0, 0.05) is 30.9 Å². The van der Waals surface area contributed by atoms with Crippen molar-refractivity contribution >= 4 is 5.69 Å². The third-order valence-corrected chi connectivity index (χ3v) is 4.18. The summed E-state index contributed by atoms with van der Waals surface area (Å²) < 4.78 is 7.60. The molecule has 6 nitrogen and oxygen atoms in total. The summed E-state index contributed by atoms with van der Waals surface area (Å²) >= 11 is 0. The van der Waals surface area contributed by atoms with Crippen molar-refractivity contribution in [2.24, 2.45) is 7.05 Å². The number of rotatable bonds is 8. The Morgan fingerprint density at radius 2 is 1.92 bits per heavy atom. The second kappa shape index (κ2) is 8.46. The first kappa shape index (κ1) is 18.7. The van der Waals surface area contributed by atoms with Gasteiger partial charge < -0.3 is 9.30 Å². The fraction of sp³-hybridized carbons (Fsp3) is 0.421. The minimum atomic E-state index is -0.455. The Labute approximate surface area is 147 Å². The lowest BCUT2D eigenvalue weighted by atomic mass is 10.1. The highest BCUT2D eigenvalue weighted by Gasteiger charge is 2.12. The predicted molar refractivity (Wildman–Crippen MR) is 97.4 cm³/mol. The zero-order chi connectivity index (χ0) is 18.4. The number of non-ortho nitro benzene ring substituents is 1. The second-order valence-corrected chi connectivity index (χ2v) is 6.22. The van der Waals surface area contributed by atoms with E-state index in [0.29, 0.717) is 11.3 Å². The highest BCUT2D eigenvalue weighted by atomic mass is 16.6. The number of aryl methyl sites for hydroxylation is 3. The van der Waals surface area contributed by atoms with E-state index < -0.39 is 4.92 Å². The Hall–Kier alpha value is -2.63. The summed E-state index contributed by atoms with van der Waals surface area (Å²) in [6.07, 6.45) is 7.14. The molecule has 2 rings (SSSR count). The van der Waals surface area contributed by atoms with Crippen LogP contribution in [-0.4, -0.2) is 9.49 Å². The van der Waals surface area contributed by atoms with E-state index in [4.69, 9.17) is 4.74 Å². The van der Waals surface area contributed by atoms with Crippen LogP contribution in [0.1, 0.15) is 43.9 Å². The topological polar surface area (TPSA) is 74.4 Å². The smallest absolute Gasteiger partial charge is 0.269 e. The fourth-order valence-corrected chi connectivity index (χ4v) is 2.68. The number of benzene rings is 1. The summed E-state index contributed by atoms with van der Waals surface area (Å²) in [5.74, 6) is 0.662. The third-order valence-electron chi connectivity index (χ3n) is 4.18. The molecule has 0 aliphatic heterocycles. The molecule has 1 aromatic carbocycles. The van der Waals surface area contributed by atoms with Gasteiger partial charge in [0.1, 0.15) is 5.75 Å². The highest BCUT2D eigenvalue weighted by molar-refractivity contribution is 5.44. The molecule has 1 heterocycles. The van der Waals surface area contributed by atoms with Gasteiger partial charge in [-0.3, -0.25) is 14.9 Å². The van der Waals surface area contributed by atoms with Gasteiger partial charge in [0.05, 0.1) is 11.1 Å². The van der Waals surface area contributed by atoms with Crippen LogP contribution in [0, 0.1) is 17.0 Å². The van der Waals surface area contributed by atoms with Crippen LogP contribution in [-0.2, 0) is 13.5 Å². The molecule has 0 fully saturated rings. The lowest BCUT2D eigenvalue weighted by Gasteiger charge is -2.12. The summed E-state index contributed by atoms with van der Waals surface area (Å²) in [6.45, 7) is 3.89. The maximum Gasteiger partial charge on any atom is 0.269 e. The van der Waals surface area contributed by atoms with Gasteiger partial charge >= 0.3 is 0 Å². The van der Waals surface area contributed by atoms with Crippen molar-refractivity contribution in [2.45, 2.75) is 46.0 Å². The first-order valence-corrected chi connectivity index (χ1v) is 8.54. The molecule has 0 aliphatic carbocycles.